The third kappa shape index (κ3) is 4.00. The number of rotatable bonds is 5. The van der Waals surface area contributed by atoms with Gasteiger partial charge in [0.05, 0.1) is 0 Å². The third-order valence-corrected chi connectivity index (χ3v) is 3.20. The van der Waals surface area contributed by atoms with E-state index in [0.717, 1.165) is 37.2 Å². The van der Waals surface area contributed by atoms with Crippen LogP contribution in [0.1, 0.15) is 19.3 Å². The van der Waals surface area contributed by atoms with E-state index in [4.69, 9.17) is 0 Å². The highest BCUT2D eigenvalue weighted by Gasteiger charge is 2.11. The number of aldehydes is 1. The molecule has 0 bridgehead atoms. The number of likely N-dealkylation sites (tertiary alicyclic amines) is 1. The van der Waals surface area contributed by atoms with E-state index >= 15 is 0 Å². The lowest BCUT2D eigenvalue weighted by Gasteiger charge is -2.26. The number of hydrogen-bond acceptors (Lipinski definition) is 3. The number of piperidine rings is 1. The first-order valence-electron chi connectivity index (χ1n) is 6.56. The Balaban J connectivity index is 1.89. The summed E-state index contributed by atoms with van der Waals surface area (Å²) in [6, 6.07) is 9.89. The SMILES string of the molecule is O=C/C(=C\Nc1ccccc1)CN1CCCCC1. The van der Waals surface area contributed by atoms with Crippen molar-refractivity contribution in [1.29, 1.82) is 0 Å². The molecule has 1 N–H and O–H groups in total. The number of anilines is 1. The Kier molecular flexibility index (Phi) is 4.97. The van der Waals surface area contributed by atoms with E-state index in [-0.39, 0.29) is 0 Å². The predicted octanol–water partition coefficient (Wildman–Crippen LogP) is 2.67. The fraction of sp³-hybridized carbons (Fsp3) is 0.400. The molecule has 18 heavy (non-hydrogen) atoms. The molecule has 0 radical (unpaired) electrons. The summed E-state index contributed by atoms with van der Waals surface area (Å²) < 4.78 is 0. The van der Waals surface area contributed by atoms with Crippen LogP contribution in [0.3, 0.4) is 0 Å². The molecule has 1 aromatic rings. The van der Waals surface area contributed by atoms with Crippen LogP contribution in [-0.2, 0) is 4.79 Å². The molecule has 1 saturated heterocycles. The Morgan fingerprint density at radius 1 is 1.17 bits per heavy atom. The summed E-state index contributed by atoms with van der Waals surface area (Å²) in [5.41, 5.74) is 1.82. The zero-order valence-corrected chi connectivity index (χ0v) is 10.6. The highest BCUT2D eigenvalue weighted by Crippen LogP contribution is 2.11. The van der Waals surface area contributed by atoms with Crippen molar-refractivity contribution < 1.29 is 4.79 Å². The van der Waals surface area contributed by atoms with Crippen LogP contribution in [0.2, 0.25) is 0 Å². The zero-order valence-electron chi connectivity index (χ0n) is 10.6. The molecule has 0 spiro atoms. The van der Waals surface area contributed by atoms with Crippen LogP contribution in [0.5, 0.6) is 0 Å². The van der Waals surface area contributed by atoms with E-state index in [0.29, 0.717) is 0 Å². The predicted molar refractivity (Wildman–Crippen MR) is 74.5 cm³/mol. The molecule has 1 heterocycles. The van der Waals surface area contributed by atoms with E-state index in [2.05, 4.69) is 10.2 Å². The quantitative estimate of drug-likeness (QED) is 0.638. The topological polar surface area (TPSA) is 32.3 Å². The lowest BCUT2D eigenvalue weighted by atomic mass is 10.1. The van der Waals surface area contributed by atoms with Crippen molar-refractivity contribution in [3.05, 3.63) is 42.1 Å². The molecule has 0 unspecified atom stereocenters. The number of carbonyl (C=O) groups excluding carboxylic acids is 1. The van der Waals surface area contributed by atoms with E-state index < -0.39 is 0 Å². The number of nitrogens with one attached hydrogen (secondary N) is 1. The molecular weight excluding hydrogens is 224 g/mol. The number of carbonyl (C=O) groups is 1. The Bertz CT molecular complexity index is 394. The van der Waals surface area contributed by atoms with Gasteiger partial charge in [-0.1, -0.05) is 24.6 Å². The number of hydrogen-bond donors (Lipinski definition) is 1. The first-order chi connectivity index (χ1) is 8.88. The molecule has 1 aliphatic heterocycles. The second-order valence-electron chi connectivity index (χ2n) is 4.68. The standard InChI is InChI=1S/C15H20N2O/c18-13-14(12-17-9-5-2-6-10-17)11-16-15-7-3-1-4-8-15/h1,3-4,7-8,11,13,16H,2,5-6,9-10,12H2/b14-11-. The summed E-state index contributed by atoms with van der Waals surface area (Å²) in [6.45, 7) is 2.97. The molecule has 96 valence electrons. The zero-order chi connectivity index (χ0) is 12.6. The third-order valence-electron chi connectivity index (χ3n) is 3.20. The van der Waals surface area contributed by atoms with Crippen LogP contribution >= 0.6 is 0 Å². The first-order valence-corrected chi connectivity index (χ1v) is 6.56. The molecular formula is C15H20N2O. The highest BCUT2D eigenvalue weighted by atomic mass is 16.1. The van der Waals surface area contributed by atoms with Gasteiger partial charge in [-0.05, 0) is 38.1 Å². The summed E-state index contributed by atoms with van der Waals surface area (Å²) in [7, 11) is 0. The van der Waals surface area contributed by atoms with E-state index in [9.17, 15) is 4.79 Å². The smallest absolute Gasteiger partial charge is 0.148 e. The fourth-order valence-electron chi connectivity index (χ4n) is 2.20. The second-order valence-corrected chi connectivity index (χ2v) is 4.68. The van der Waals surface area contributed by atoms with Crippen molar-refractivity contribution in [2.45, 2.75) is 19.3 Å². The molecule has 0 saturated carbocycles. The minimum absolute atomic E-state index is 0.753. The Hall–Kier alpha value is -1.61. The van der Waals surface area contributed by atoms with Crippen LogP contribution in [0, 0.1) is 0 Å². The summed E-state index contributed by atoms with van der Waals surface area (Å²) in [5, 5.41) is 3.17. The maximum atomic E-state index is 11.1. The van der Waals surface area contributed by atoms with Gasteiger partial charge < -0.3 is 5.32 Å². The Labute approximate surface area is 108 Å². The minimum atomic E-state index is 0.753. The largest absolute Gasteiger partial charge is 0.361 e. The molecule has 3 nitrogen and oxygen atoms in total. The average Bonchev–Trinajstić information content (AvgIpc) is 2.45. The molecule has 1 fully saturated rings. The second kappa shape index (κ2) is 6.97. The molecule has 1 aliphatic rings. The molecule has 0 atom stereocenters. The van der Waals surface area contributed by atoms with Gasteiger partial charge in [0.1, 0.15) is 6.29 Å². The molecule has 0 amide bonds. The highest BCUT2D eigenvalue weighted by molar-refractivity contribution is 5.74. The van der Waals surface area contributed by atoms with Crippen LogP contribution in [0.15, 0.2) is 42.1 Å². The van der Waals surface area contributed by atoms with Crippen LogP contribution in [0.25, 0.3) is 0 Å². The molecule has 0 aliphatic carbocycles. The van der Waals surface area contributed by atoms with Crippen LogP contribution < -0.4 is 5.32 Å². The van der Waals surface area contributed by atoms with E-state index in [1.807, 2.05) is 36.5 Å². The van der Waals surface area contributed by atoms with Crippen LogP contribution in [-0.4, -0.2) is 30.8 Å². The summed E-state index contributed by atoms with van der Waals surface area (Å²) in [5.74, 6) is 0. The minimum Gasteiger partial charge on any atom is -0.361 e. The van der Waals surface area contributed by atoms with Crippen molar-refractivity contribution in [3.8, 4) is 0 Å². The molecule has 0 aromatic heterocycles. The number of para-hydroxylation sites is 1. The van der Waals surface area contributed by atoms with Gasteiger partial charge in [-0.25, -0.2) is 0 Å². The summed E-state index contributed by atoms with van der Waals surface area (Å²) >= 11 is 0. The molecule has 3 heteroatoms. The van der Waals surface area contributed by atoms with E-state index in [1.165, 1.54) is 19.3 Å². The van der Waals surface area contributed by atoms with E-state index in [1.54, 1.807) is 0 Å². The number of nitrogens with zero attached hydrogens (tertiary/aromatic N) is 1. The Morgan fingerprint density at radius 3 is 2.56 bits per heavy atom. The monoisotopic (exact) mass is 244 g/mol. The molecule has 1 aromatic carbocycles. The summed E-state index contributed by atoms with van der Waals surface area (Å²) in [6.07, 6.45) is 6.58. The fourth-order valence-corrected chi connectivity index (χ4v) is 2.20. The first kappa shape index (κ1) is 12.8. The summed E-state index contributed by atoms with van der Waals surface area (Å²) in [4.78, 5) is 13.4. The lowest BCUT2D eigenvalue weighted by Crippen LogP contribution is -2.31. The van der Waals surface area contributed by atoms with Crippen molar-refractivity contribution in [2.75, 3.05) is 25.0 Å². The van der Waals surface area contributed by atoms with Gasteiger partial charge in [-0.15, -0.1) is 0 Å². The lowest BCUT2D eigenvalue weighted by molar-refractivity contribution is -0.105. The average molecular weight is 244 g/mol. The maximum Gasteiger partial charge on any atom is 0.148 e. The van der Waals surface area contributed by atoms with Crippen molar-refractivity contribution >= 4 is 12.0 Å². The van der Waals surface area contributed by atoms with Gasteiger partial charge in [0, 0.05) is 24.0 Å². The van der Waals surface area contributed by atoms with Crippen molar-refractivity contribution in [3.63, 3.8) is 0 Å². The normalized spacial score (nSPS) is 17.4. The van der Waals surface area contributed by atoms with Gasteiger partial charge in [0.2, 0.25) is 0 Å². The van der Waals surface area contributed by atoms with Gasteiger partial charge in [0.15, 0.2) is 0 Å². The van der Waals surface area contributed by atoms with Gasteiger partial charge in [-0.3, -0.25) is 9.69 Å². The molecule has 2 rings (SSSR count). The Morgan fingerprint density at radius 2 is 1.89 bits per heavy atom. The van der Waals surface area contributed by atoms with Crippen molar-refractivity contribution in [1.82, 2.24) is 4.90 Å². The number of benzene rings is 1. The van der Waals surface area contributed by atoms with Crippen molar-refractivity contribution in [2.24, 2.45) is 0 Å². The van der Waals surface area contributed by atoms with Gasteiger partial charge in [-0.2, -0.15) is 0 Å². The van der Waals surface area contributed by atoms with Gasteiger partial charge >= 0.3 is 0 Å². The van der Waals surface area contributed by atoms with Gasteiger partial charge in [0.25, 0.3) is 0 Å². The maximum absolute atomic E-state index is 11.1. The van der Waals surface area contributed by atoms with Crippen LogP contribution in [0.4, 0.5) is 5.69 Å².